The molecule has 0 saturated carbocycles. The Hall–Kier alpha value is -1.51. The third kappa shape index (κ3) is 4.50. The highest BCUT2D eigenvalue weighted by Gasteiger charge is 2.03. The van der Waals surface area contributed by atoms with Gasteiger partial charge in [-0.1, -0.05) is 24.3 Å². The largest absolute Gasteiger partial charge is 0.385 e. The van der Waals surface area contributed by atoms with E-state index in [1.54, 1.807) is 0 Å². The molecule has 0 aliphatic carbocycles. The Morgan fingerprint density at radius 2 is 2.07 bits per heavy atom. The smallest absolute Gasteiger partial charge is 0.217 e. The number of hydrogen-bond acceptors (Lipinski definition) is 2. The van der Waals surface area contributed by atoms with E-state index >= 15 is 0 Å². The lowest BCUT2D eigenvalue weighted by atomic mass is 10.1. The first-order valence-corrected chi connectivity index (χ1v) is 4.83. The first-order valence-electron chi connectivity index (χ1n) is 4.83. The summed E-state index contributed by atoms with van der Waals surface area (Å²) >= 11 is 0. The van der Waals surface area contributed by atoms with Crippen molar-refractivity contribution in [3.63, 3.8) is 0 Å². The highest BCUT2D eigenvalue weighted by atomic mass is 16.1. The van der Waals surface area contributed by atoms with Crippen LogP contribution < -0.4 is 11.1 Å². The quantitative estimate of drug-likeness (QED) is 0.704. The summed E-state index contributed by atoms with van der Waals surface area (Å²) in [4.78, 5) is 10.5. The zero-order valence-electron chi connectivity index (χ0n) is 8.15. The maximum Gasteiger partial charge on any atom is 0.217 e. The average Bonchev–Trinajstić information content (AvgIpc) is 2.07. The monoisotopic (exact) mass is 192 g/mol. The summed E-state index contributed by atoms with van der Waals surface area (Å²) in [6, 6.07) is 0.301. The first kappa shape index (κ1) is 10.6. The molecule has 0 aromatic heterocycles. The van der Waals surface area contributed by atoms with Gasteiger partial charge in [-0.25, -0.2) is 0 Å². The van der Waals surface area contributed by atoms with E-state index in [-0.39, 0.29) is 5.91 Å². The molecule has 1 rings (SSSR count). The fourth-order valence-electron chi connectivity index (χ4n) is 1.29. The van der Waals surface area contributed by atoms with Crippen LogP contribution in [0.15, 0.2) is 36.6 Å². The van der Waals surface area contributed by atoms with Crippen LogP contribution in [0.5, 0.6) is 0 Å². The minimum atomic E-state index is -0.227. The molecule has 3 heteroatoms. The predicted molar refractivity (Wildman–Crippen MR) is 57.4 cm³/mol. The van der Waals surface area contributed by atoms with E-state index in [2.05, 4.69) is 11.4 Å². The Bertz CT molecular complexity index is 266. The van der Waals surface area contributed by atoms with E-state index in [0.717, 1.165) is 12.8 Å². The van der Waals surface area contributed by atoms with Crippen LogP contribution in [0.25, 0.3) is 0 Å². The van der Waals surface area contributed by atoms with Crippen molar-refractivity contribution in [2.24, 2.45) is 5.73 Å². The van der Waals surface area contributed by atoms with Crippen LogP contribution in [0.4, 0.5) is 0 Å². The van der Waals surface area contributed by atoms with Crippen LogP contribution in [0.3, 0.4) is 0 Å². The lowest BCUT2D eigenvalue weighted by molar-refractivity contribution is -0.118. The number of amides is 1. The summed E-state index contributed by atoms with van der Waals surface area (Å²) in [5.74, 6) is -0.227. The molecule has 0 spiro atoms. The van der Waals surface area contributed by atoms with Crippen molar-refractivity contribution < 1.29 is 4.79 Å². The molecule has 1 amide bonds. The first-order chi connectivity index (χ1) is 6.79. The molecule has 0 aromatic carbocycles. The van der Waals surface area contributed by atoms with Crippen LogP contribution in [-0.2, 0) is 4.79 Å². The Balaban J connectivity index is 2.29. The van der Waals surface area contributed by atoms with Gasteiger partial charge in [0.05, 0.1) is 0 Å². The summed E-state index contributed by atoms with van der Waals surface area (Å²) in [6.45, 7) is 0. The van der Waals surface area contributed by atoms with Gasteiger partial charge in [0, 0.05) is 12.5 Å². The lowest BCUT2D eigenvalue weighted by Gasteiger charge is -2.12. The van der Waals surface area contributed by atoms with Crippen LogP contribution >= 0.6 is 0 Å². The van der Waals surface area contributed by atoms with E-state index in [9.17, 15) is 4.79 Å². The Morgan fingerprint density at radius 3 is 2.86 bits per heavy atom. The van der Waals surface area contributed by atoms with Crippen molar-refractivity contribution in [3.05, 3.63) is 36.6 Å². The van der Waals surface area contributed by atoms with Gasteiger partial charge >= 0.3 is 0 Å². The van der Waals surface area contributed by atoms with Gasteiger partial charge in [-0.2, -0.15) is 0 Å². The topological polar surface area (TPSA) is 55.1 Å². The minimum absolute atomic E-state index is 0.227. The van der Waals surface area contributed by atoms with Gasteiger partial charge in [0.25, 0.3) is 0 Å². The zero-order valence-corrected chi connectivity index (χ0v) is 8.15. The number of nitrogens with two attached hydrogens (primary N) is 1. The molecule has 1 heterocycles. The molecule has 76 valence electrons. The number of allylic oxidation sites excluding steroid dienone is 4. The van der Waals surface area contributed by atoms with Gasteiger partial charge in [0.1, 0.15) is 0 Å². The summed E-state index contributed by atoms with van der Waals surface area (Å²) in [7, 11) is 0. The van der Waals surface area contributed by atoms with Crippen molar-refractivity contribution in [2.45, 2.75) is 25.3 Å². The maximum absolute atomic E-state index is 10.5. The van der Waals surface area contributed by atoms with Crippen LogP contribution in [-0.4, -0.2) is 11.9 Å². The summed E-state index contributed by atoms with van der Waals surface area (Å²) in [6.07, 6.45) is 14.1. The number of hydrogen-bond donors (Lipinski definition) is 2. The second kappa shape index (κ2) is 6.02. The molecular formula is C11H16N2O. The molecule has 14 heavy (non-hydrogen) atoms. The molecule has 1 unspecified atom stereocenters. The summed E-state index contributed by atoms with van der Waals surface area (Å²) in [5, 5.41) is 3.22. The van der Waals surface area contributed by atoms with Gasteiger partial charge in [0.15, 0.2) is 0 Å². The van der Waals surface area contributed by atoms with Crippen LogP contribution in [0.2, 0.25) is 0 Å². The SMILES string of the molecule is NC(=O)CCCC1C=CC=CC=CN1. The van der Waals surface area contributed by atoms with E-state index in [1.807, 2.05) is 30.5 Å². The number of carbonyl (C=O) groups is 1. The van der Waals surface area contributed by atoms with Crippen LogP contribution in [0.1, 0.15) is 19.3 Å². The molecule has 0 bridgehead atoms. The Labute approximate surface area is 84.4 Å². The predicted octanol–water partition coefficient (Wildman–Crippen LogP) is 1.24. The molecule has 1 atom stereocenters. The Kier molecular flexibility index (Phi) is 4.55. The van der Waals surface area contributed by atoms with Crippen molar-refractivity contribution in [3.8, 4) is 0 Å². The minimum Gasteiger partial charge on any atom is -0.385 e. The maximum atomic E-state index is 10.5. The molecule has 0 radical (unpaired) electrons. The normalized spacial score (nSPS) is 19.9. The number of nitrogens with one attached hydrogen (secondary N) is 1. The molecule has 0 aromatic rings. The molecule has 3 nitrogen and oxygen atoms in total. The standard InChI is InChI=1S/C11H16N2O/c12-11(14)8-5-7-10-6-3-1-2-4-9-13-10/h1-4,6,9-10,13H,5,7-8H2,(H2,12,14). The van der Waals surface area contributed by atoms with Gasteiger partial charge in [0.2, 0.25) is 5.91 Å². The summed E-state index contributed by atoms with van der Waals surface area (Å²) in [5.41, 5.74) is 5.06. The van der Waals surface area contributed by atoms with Crippen molar-refractivity contribution in [2.75, 3.05) is 0 Å². The van der Waals surface area contributed by atoms with Crippen molar-refractivity contribution in [1.82, 2.24) is 5.32 Å². The van der Waals surface area contributed by atoms with Gasteiger partial charge in [-0.15, -0.1) is 0 Å². The molecular weight excluding hydrogens is 176 g/mol. The van der Waals surface area contributed by atoms with E-state index < -0.39 is 0 Å². The zero-order chi connectivity index (χ0) is 10.2. The number of rotatable bonds is 4. The fraction of sp³-hybridized carbons (Fsp3) is 0.364. The lowest BCUT2D eigenvalue weighted by Crippen LogP contribution is -2.22. The third-order valence-electron chi connectivity index (χ3n) is 2.02. The molecule has 0 fully saturated rings. The van der Waals surface area contributed by atoms with Crippen molar-refractivity contribution >= 4 is 5.91 Å². The summed E-state index contributed by atoms with van der Waals surface area (Å²) < 4.78 is 0. The Morgan fingerprint density at radius 1 is 1.29 bits per heavy atom. The fourth-order valence-corrected chi connectivity index (χ4v) is 1.29. The second-order valence-electron chi connectivity index (χ2n) is 3.26. The van der Waals surface area contributed by atoms with Gasteiger partial charge < -0.3 is 11.1 Å². The molecule has 1 aliphatic rings. The van der Waals surface area contributed by atoms with Gasteiger partial charge in [-0.3, -0.25) is 4.79 Å². The van der Waals surface area contributed by atoms with E-state index in [1.165, 1.54) is 0 Å². The van der Waals surface area contributed by atoms with Crippen molar-refractivity contribution in [1.29, 1.82) is 0 Å². The molecule has 0 saturated heterocycles. The average molecular weight is 192 g/mol. The molecule has 3 N–H and O–H groups in total. The van der Waals surface area contributed by atoms with E-state index in [0.29, 0.717) is 12.5 Å². The second-order valence-corrected chi connectivity index (χ2v) is 3.26. The number of primary amides is 1. The number of carbonyl (C=O) groups excluding carboxylic acids is 1. The highest BCUT2D eigenvalue weighted by molar-refractivity contribution is 5.73. The van der Waals surface area contributed by atoms with Crippen LogP contribution in [0, 0.1) is 0 Å². The van der Waals surface area contributed by atoms with E-state index in [4.69, 9.17) is 5.73 Å². The highest BCUT2D eigenvalue weighted by Crippen LogP contribution is 2.03. The van der Waals surface area contributed by atoms with Gasteiger partial charge in [-0.05, 0) is 25.1 Å². The molecule has 1 aliphatic heterocycles. The third-order valence-corrected chi connectivity index (χ3v) is 2.02.